The monoisotopic (exact) mass is 360 g/mol. The molecule has 3 rings (SSSR count). The van der Waals surface area contributed by atoms with Gasteiger partial charge in [-0.1, -0.05) is 54.1 Å². The predicted octanol–water partition coefficient (Wildman–Crippen LogP) is 4.61. The van der Waals surface area contributed by atoms with Crippen molar-refractivity contribution in [1.29, 1.82) is 0 Å². The van der Waals surface area contributed by atoms with Gasteiger partial charge in [0.15, 0.2) is 0 Å². The molecular formula is C23H20O4. The number of carbonyl (C=O) groups is 2. The van der Waals surface area contributed by atoms with Gasteiger partial charge < -0.3 is 9.47 Å². The average Bonchev–Trinajstić information content (AvgIpc) is 2.69. The summed E-state index contributed by atoms with van der Waals surface area (Å²) >= 11 is 0. The van der Waals surface area contributed by atoms with E-state index in [9.17, 15) is 9.59 Å². The molecule has 0 aliphatic heterocycles. The number of esters is 2. The Morgan fingerprint density at radius 1 is 0.778 bits per heavy atom. The third-order valence-corrected chi connectivity index (χ3v) is 4.00. The molecule has 0 fully saturated rings. The van der Waals surface area contributed by atoms with Gasteiger partial charge in [-0.2, -0.15) is 0 Å². The van der Waals surface area contributed by atoms with Crippen LogP contribution in [0.15, 0.2) is 78.9 Å². The summed E-state index contributed by atoms with van der Waals surface area (Å²) in [6.45, 7) is 2.19. The van der Waals surface area contributed by atoms with E-state index in [1.165, 1.54) is 6.07 Å². The van der Waals surface area contributed by atoms with E-state index >= 15 is 0 Å². The van der Waals surface area contributed by atoms with Crippen LogP contribution in [0, 0.1) is 6.92 Å². The lowest BCUT2D eigenvalue weighted by Crippen LogP contribution is -2.11. The molecule has 27 heavy (non-hydrogen) atoms. The molecule has 0 aliphatic carbocycles. The topological polar surface area (TPSA) is 52.6 Å². The summed E-state index contributed by atoms with van der Waals surface area (Å²) in [7, 11) is 0. The van der Waals surface area contributed by atoms with Gasteiger partial charge in [-0.25, -0.2) is 9.59 Å². The maximum absolute atomic E-state index is 12.2. The summed E-state index contributed by atoms with van der Waals surface area (Å²) in [5, 5.41) is 0. The lowest BCUT2D eigenvalue weighted by atomic mass is 10.1. The van der Waals surface area contributed by atoms with E-state index < -0.39 is 11.9 Å². The van der Waals surface area contributed by atoms with Crippen LogP contribution in [0.25, 0.3) is 0 Å². The number of aryl methyl sites for hydroxylation is 1. The molecule has 3 aromatic rings. The Bertz CT molecular complexity index is 932. The zero-order valence-corrected chi connectivity index (χ0v) is 15.1. The molecule has 0 amide bonds. The molecule has 0 saturated heterocycles. The highest BCUT2D eigenvalue weighted by Gasteiger charge is 2.12. The minimum absolute atomic E-state index is 0.288. The van der Waals surface area contributed by atoms with E-state index in [4.69, 9.17) is 9.47 Å². The smallest absolute Gasteiger partial charge is 0.343 e. The highest BCUT2D eigenvalue weighted by Crippen LogP contribution is 2.17. The van der Waals surface area contributed by atoms with E-state index in [1.54, 1.807) is 36.4 Å². The van der Waals surface area contributed by atoms with Gasteiger partial charge in [0, 0.05) is 6.42 Å². The Morgan fingerprint density at radius 2 is 1.48 bits per heavy atom. The zero-order valence-electron chi connectivity index (χ0n) is 15.1. The summed E-state index contributed by atoms with van der Waals surface area (Å²) in [5.41, 5.74) is 2.88. The third kappa shape index (κ3) is 5.28. The van der Waals surface area contributed by atoms with E-state index in [0.717, 1.165) is 11.1 Å². The molecule has 4 heteroatoms. The van der Waals surface area contributed by atoms with Crippen LogP contribution in [0.4, 0.5) is 0 Å². The van der Waals surface area contributed by atoms with Gasteiger partial charge in [-0.15, -0.1) is 0 Å². The van der Waals surface area contributed by atoms with Crippen LogP contribution in [0.5, 0.6) is 5.75 Å². The first kappa shape index (κ1) is 18.4. The summed E-state index contributed by atoms with van der Waals surface area (Å²) in [5.74, 6) is -0.605. The molecule has 3 aromatic carbocycles. The van der Waals surface area contributed by atoms with Crippen LogP contribution >= 0.6 is 0 Å². The van der Waals surface area contributed by atoms with Crippen molar-refractivity contribution in [3.63, 3.8) is 0 Å². The lowest BCUT2D eigenvalue weighted by Gasteiger charge is -2.08. The third-order valence-electron chi connectivity index (χ3n) is 4.00. The average molecular weight is 360 g/mol. The molecule has 0 radical (unpaired) electrons. The number of benzene rings is 3. The fraction of sp³-hybridized carbons (Fsp3) is 0.130. The van der Waals surface area contributed by atoms with Crippen LogP contribution in [0.3, 0.4) is 0 Å². The first-order valence-electron chi connectivity index (χ1n) is 8.72. The summed E-state index contributed by atoms with van der Waals surface area (Å²) in [6, 6.07) is 23.4. The SMILES string of the molecule is Cc1cccc(C(=O)Oc2cccc(C(=O)OCCc3ccccc3)c2)c1. The summed E-state index contributed by atoms with van der Waals surface area (Å²) in [4.78, 5) is 24.5. The van der Waals surface area contributed by atoms with Crippen molar-refractivity contribution in [1.82, 2.24) is 0 Å². The molecule has 0 N–H and O–H groups in total. The molecule has 0 unspecified atom stereocenters. The molecule has 0 saturated carbocycles. The van der Waals surface area contributed by atoms with E-state index in [0.29, 0.717) is 23.3 Å². The Morgan fingerprint density at radius 3 is 2.22 bits per heavy atom. The van der Waals surface area contributed by atoms with Gasteiger partial charge in [0.05, 0.1) is 17.7 Å². The Kier molecular flexibility index (Phi) is 6.00. The fourth-order valence-electron chi connectivity index (χ4n) is 2.61. The Hall–Kier alpha value is -3.40. The predicted molar refractivity (Wildman–Crippen MR) is 103 cm³/mol. The molecule has 0 heterocycles. The molecular weight excluding hydrogens is 340 g/mol. The number of hydrogen-bond acceptors (Lipinski definition) is 4. The van der Waals surface area contributed by atoms with Gasteiger partial charge in [0.1, 0.15) is 5.75 Å². The van der Waals surface area contributed by atoms with Crippen molar-refractivity contribution in [2.75, 3.05) is 6.61 Å². The van der Waals surface area contributed by atoms with Gasteiger partial charge in [-0.3, -0.25) is 0 Å². The summed E-state index contributed by atoms with van der Waals surface area (Å²) < 4.78 is 10.7. The van der Waals surface area contributed by atoms with Crippen molar-refractivity contribution >= 4 is 11.9 Å². The molecule has 0 bridgehead atoms. The van der Waals surface area contributed by atoms with Crippen molar-refractivity contribution in [3.05, 3.63) is 101 Å². The normalized spacial score (nSPS) is 10.3. The van der Waals surface area contributed by atoms with E-state index in [-0.39, 0.29) is 6.61 Å². The Balaban J connectivity index is 1.59. The second-order valence-electron chi connectivity index (χ2n) is 6.16. The highest BCUT2D eigenvalue weighted by molar-refractivity contribution is 5.92. The van der Waals surface area contributed by atoms with Crippen LogP contribution < -0.4 is 4.74 Å². The highest BCUT2D eigenvalue weighted by atomic mass is 16.5. The zero-order chi connectivity index (χ0) is 19.1. The van der Waals surface area contributed by atoms with Gasteiger partial charge in [0.25, 0.3) is 0 Å². The lowest BCUT2D eigenvalue weighted by molar-refractivity contribution is 0.0507. The quantitative estimate of drug-likeness (QED) is 0.476. The molecule has 0 spiro atoms. The standard InChI is InChI=1S/C23H20O4/c1-17-7-5-10-19(15-17)23(25)27-21-12-6-11-20(16-21)22(24)26-14-13-18-8-3-2-4-9-18/h2-12,15-16H,13-14H2,1H3. The van der Waals surface area contributed by atoms with Gasteiger partial charge in [0.2, 0.25) is 0 Å². The Labute approximate surface area is 158 Å². The van der Waals surface area contributed by atoms with Crippen LogP contribution in [-0.2, 0) is 11.2 Å². The van der Waals surface area contributed by atoms with Crippen LogP contribution in [0.2, 0.25) is 0 Å². The van der Waals surface area contributed by atoms with Crippen LogP contribution in [-0.4, -0.2) is 18.5 Å². The molecule has 0 aliphatic rings. The minimum Gasteiger partial charge on any atom is -0.462 e. The molecule has 0 atom stereocenters. The maximum atomic E-state index is 12.2. The number of ether oxygens (including phenoxy) is 2. The maximum Gasteiger partial charge on any atom is 0.343 e. The number of rotatable bonds is 6. The summed E-state index contributed by atoms with van der Waals surface area (Å²) in [6.07, 6.45) is 0.647. The van der Waals surface area contributed by atoms with Crippen molar-refractivity contribution < 1.29 is 19.1 Å². The molecule has 0 aromatic heterocycles. The first-order chi connectivity index (χ1) is 13.1. The van der Waals surface area contributed by atoms with Gasteiger partial charge >= 0.3 is 11.9 Å². The molecule has 4 nitrogen and oxygen atoms in total. The van der Waals surface area contributed by atoms with E-state index in [2.05, 4.69) is 0 Å². The van der Waals surface area contributed by atoms with Crippen molar-refractivity contribution in [2.24, 2.45) is 0 Å². The fourth-order valence-corrected chi connectivity index (χ4v) is 2.61. The number of carbonyl (C=O) groups excluding carboxylic acids is 2. The largest absolute Gasteiger partial charge is 0.462 e. The molecule has 136 valence electrons. The van der Waals surface area contributed by atoms with Gasteiger partial charge in [-0.05, 0) is 42.8 Å². The second kappa shape index (κ2) is 8.81. The van der Waals surface area contributed by atoms with E-state index in [1.807, 2.05) is 43.3 Å². The minimum atomic E-state index is -0.465. The van der Waals surface area contributed by atoms with Crippen LogP contribution in [0.1, 0.15) is 31.8 Å². The van der Waals surface area contributed by atoms with Crippen molar-refractivity contribution in [3.8, 4) is 5.75 Å². The first-order valence-corrected chi connectivity index (χ1v) is 8.72. The van der Waals surface area contributed by atoms with Crippen molar-refractivity contribution in [2.45, 2.75) is 13.3 Å². The number of hydrogen-bond donors (Lipinski definition) is 0. The second-order valence-corrected chi connectivity index (χ2v) is 6.16.